The zero-order valence-corrected chi connectivity index (χ0v) is 15.8. The molecule has 1 heterocycles. The highest BCUT2D eigenvalue weighted by molar-refractivity contribution is 7.99. The maximum absolute atomic E-state index is 11.8. The Bertz CT molecular complexity index is 763. The molecule has 0 aliphatic rings. The number of hydrogen-bond acceptors (Lipinski definition) is 5. The number of amides is 3. The van der Waals surface area contributed by atoms with Crippen LogP contribution in [0.25, 0.3) is 11.4 Å². The number of hydrogen-bond donors (Lipinski definition) is 2. The minimum Gasteiger partial charge on any atom is -0.338 e. The molecular weight excluding hydrogens is 362 g/mol. The van der Waals surface area contributed by atoms with Crippen LogP contribution in [0.5, 0.6) is 0 Å². The smallest absolute Gasteiger partial charge is 0.321 e. The molecule has 25 heavy (non-hydrogen) atoms. The molecule has 7 nitrogen and oxygen atoms in total. The van der Waals surface area contributed by atoms with Crippen molar-refractivity contribution in [2.45, 2.75) is 19.0 Å². The van der Waals surface area contributed by atoms with Gasteiger partial charge in [0, 0.05) is 19.2 Å². The summed E-state index contributed by atoms with van der Waals surface area (Å²) >= 11 is 7.38. The highest BCUT2D eigenvalue weighted by atomic mass is 35.5. The lowest BCUT2D eigenvalue weighted by atomic mass is 10.2. The van der Waals surface area contributed by atoms with Gasteiger partial charge in [-0.2, -0.15) is 0 Å². The summed E-state index contributed by atoms with van der Waals surface area (Å²) in [4.78, 5) is 23.4. The van der Waals surface area contributed by atoms with Gasteiger partial charge in [0.15, 0.2) is 11.0 Å². The van der Waals surface area contributed by atoms with Crippen LogP contribution in [-0.4, -0.2) is 39.0 Å². The van der Waals surface area contributed by atoms with Gasteiger partial charge in [0.1, 0.15) is 0 Å². The van der Waals surface area contributed by atoms with Crippen molar-refractivity contribution in [3.63, 3.8) is 0 Å². The molecule has 0 unspecified atom stereocenters. The largest absolute Gasteiger partial charge is 0.338 e. The minimum absolute atomic E-state index is 0.0591. The van der Waals surface area contributed by atoms with E-state index in [2.05, 4.69) is 20.8 Å². The van der Waals surface area contributed by atoms with Gasteiger partial charge in [-0.3, -0.25) is 10.1 Å². The molecule has 3 amide bonds. The third-order valence-corrected chi connectivity index (χ3v) is 4.56. The van der Waals surface area contributed by atoms with Crippen molar-refractivity contribution in [1.82, 2.24) is 25.4 Å². The van der Waals surface area contributed by atoms with Gasteiger partial charge in [-0.05, 0) is 18.1 Å². The molecule has 0 fully saturated rings. The molecule has 2 N–H and O–H groups in total. The highest BCUT2D eigenvalue weighted by Gasteiger charge is 2.15. The fraction of sp³-hybridized carbons (Fsp3) is 0.375. The number of urea groups is 1. The molecule has 2 aromatic rings. The molecule has 0 saturated carbocycles. The monoisotopic (exact) mass is 381 g/mol. The molecule has 0 aliphatic carbocycles. The number of imide groups is 1. The minimum atomic E-state index is -0.492. The molecular formula is C16H20ClN5O2S. The second-order valence-corrected chi connectivity index (χ2v) is 7.14. The fourth-order valence-electron chi connectivity index (χ4n) is 1.95. The Morgan fingerprint density at radius 2 is 2.00 bits per heavy atom. The summed E-state index contributed by atoms with van der Waals surface area (Å²) in [5.41, 5.74) is 0.767. The van der Waals surface area contributed by atoms with Crippen molar-refractivity contribution in [3.8, 4) is 11.4 Å². The van der Waals surface area contributed by atoms with Gasteiger partial charge >= 0.3 is 6.03 Å². The first kappa shape index (κ1) is 19.3. The second kappa shape index (κ2) is 8.87. The summed E-state index contributed by atoms with van der Waals surface area (Å²) in [6.07, 6.45) is 0. The normalized spacial score (nSPS) is 10.8. The van der Waals surface area contributed by atoms with E-state index in [1.54, 1.807) is 17.7 Å². The van der Waals surface area contributed by atoms with Crippen molar-refractivity contribution in [2.24, 2.45) is 13.0 Å². The number of nitrogens with one attached hydrogen (secondary N) is 2. The number of thioether (sulfide) groups is 1. The van der Waals surface area contributed by atoms with E-state index in [9.17, 15) is 9.59 Å². The van der Waals surface area contributed by atoms with Crippen molar-refractivity contribution in [2.75, 3.05) is 12.3 Å². The Balaban J connectivity index is 1.93. The Hall–Kier alpha value is -2.06. The average molecular weight is 382 g/mol. The van der Waals surface area contributed by atoms with E-state index in [0.717, 1.165) is 5.56 Å². The van der Waals surface area contributed by atoms with E-state index in [-0.39, 0.29) is 5.75 Å². The van der Waals surface area contributed by atoms with Gasteiger partial charge in [0.05, 0.1) is 10.8 Å². The molecule has 0 bridgehead atoms. The lowest BCUT2D eigenvalue weighted by Crippen LogP contribution is -2.41. The topological polar surface area (TPSA) is 88.9 Å². The highest BCUT2D eigenvalue weighted by Crippen LogP contribution is 2.28. The second-order valence-electron chi connectivity index (χ2n) is 5.79. The number of carbonyl (C=O) groups excluding carboxylic acids is 2. The van der Waals surface area contributed by atoms with Gasteiger partial charge in [0.2, 0.25) is 5.91 Å². The standard InChI is InChI=1S/C16H20ClN5O2S/c1-10(2)8-18-15(24)19-13(23)9-25-16-21-20-14(22(16)3)11-6-4-5-7-12(11)17/h4-7,10H,8-9H2,1-3H3,(H2,18,19,23,24). The molecule has 134 valence electrons. The molecule has 1 aromatic carbocycles. The van der Waals surface area contributed by atoms with Crippen molar-refractivity contribution >= 4 is 35.3 Å². The summed E-state index contributed by atoms with van der Waals surface area (Å²) < 4.78 is 1.76. The molecule has 0 atom stereocenters. The van der Waals surface area contributed by atoms with Crippen LogP contribution in [-0.2, 0) is 11.8 Å². The maximum atomic E-state index is 11.8. The van der Waals surface area contributed by atoms with E-state index < -0.39 is 11.9 Å². The lowest BCUT2D eigenvalue weighted by molar-refractivity contribution is -0.117. The first-order valence-corrected chi connectivity index (χ1v) is 9.09. The van der Waals surface area contributed by atoms with E-state index in [1.165, 1.54) is 11.8 Å². The van der Waals surface area contributed by atoms with E-state index in [4.69, 9.17) is 11.6 Å². The van der Waals surface area contributed by atoms with Gasteiger partial charge in [-0.15, -0.1) is 10.2 Å². The Kier molecular flexibility index (Phi) is 6.83. The van der Waals surface area contributed by atoms with Crippen LogP contribution in [0.4, 0.5) is 4.79 Å². The average Bonchev–Trinajstić information content (AvgIpc) is 2.92. The van der Waals surface area contributed by atoms with Crippen molar-refractivity contribution in [1.29, 1.82) is 0 Å². The lowest BCUT2D eigenvalue weighted by Gasteiger charge is -2.08. The van der Waals surface area contributed by atoms with Gasteiger partial charge < -0.3 is 9.88 Å². The first-order valence-electron chi connectivity index (χ1n) is 7.73. The third kappa shape index (κ3) is 5.47. The van der Waals surface area contributed by atoms with E-state index in [1.807, 2.05) is 32.0 Å². The van der Waals surface area contributed by atoms with Crippen LogP contribution in [0, 0.1) is 5.92 Å². The quantitative estimate of drug-likeness (QED) is 0.751. The van der Waals surface area contributed by atoms with Crippen LogP contribution in [0.3, 0.4) is 0 Å². The number of aromatic nitrogens is 3. The Morgan fingerprint density at radius 3 is 2.68 bits per heavy atom. The summed E-state index contributed by atoms with van der Waals surface area (Å²) in [6, 6.07) is 6.85. The number of carbonyl (C=O) groups is 2. The molecule has 1 aromatic heterocycles. The van der Waals surface area contributed by atoms with Crippen LogP contribution in [0.1, 0.15) is 13.8 Å². The molecule has 0 aliphatic heterocycles. The summed E-state index contributed by atoms with van der Waals surface area (Å²) in [7, 11) is 1.80. The van der Waals surface area contributed by atoms with Crippen LogP contribution in [0.2, 0.25) is 5.02 Å². The van der Waals surface area contributed by atoms with Gasteiger partial charge in [-0.25, -0.2) is 4.79 Å². The number of nitrogens with zero attached hydrogens (tertiary/aromatic N) is 3. The van der Waals surface area contributed by atoms with Crippen LogP contribution >= 0.6 is 23.4 Å². The van der Waals surface area contributed by atoms with Gasteiger partial charge in [-0.1, -0.05) is 49.3 Å². The van der Waals surface area contributed by atoms with E-state index in [0.29, 0.717) is 28.5 Å². The summed E-state index contributed by atoms with van der Waals surface area (Å²) in [6.45, 7) is 4.46. The molecule has 0 spiro atoms. The molecule has 9 heteroatoms. The van der Waals surface area contributed by atoms with E-state index >= 15 is 0 Å². The SMILES string of the molecule is CC(C)CNC(=O)NC(=O)CSc1nnc(-c2ccccc2Cl)n1C. The molecule has 0 radical (unpaired) electrons. The summed E-state index contributed by atoms with van der Waals surface area (Å²) in [5.74, 6) is 0.595. The predicted molar refractivity (Wildman–Crippen MR) is 98.6 cm³/mol. The van der Waals surface area contributed by atoms with Crippen molar-refractivity contribution < 1.29 is 9.59 Å². The maximum Gasteiger partial charge on any atom is 0.321 e. The number of halogens is 1. The van der Waals surface area contributed by atoms with Crippen LogP contribution in [0.15, 0.2) is 29.4 Å². The number of benzene rings is 1. The van der Waals surface area contributed by atoms with Crippen molar-refractivity contribution in [3.05, 3.63) is 29.3 Å². The number of rotatable bonds is 6. The fourth-order valence-corrected chi connectivity index (χ4v) is 2.88. The van der Waals surface area contributed by atoms with Gasteiger partial charge in [0.25, 0.3) is 0 Å². The predicted octanol–water partition coefficient (Wildman–Crippen LogP) is 2.71. The third-order valence-electron chi connectivity index (χ3n) is 3.21. The summed E-state index contributed by atoms with van der Waals surface area (Å²) in [5, 5.41) is 14.3. The Morgan fingerprint density at radius 1 is 1.28 bits per heavy atom. The zero-order valence-electron chi connectivity index (χ0n) is 14.2. The zero-order chi connectivity index (χ0) is 18.4. The molecule has 2 rings (SSSR count). The molecule has 0 saturated heterocycles. The van der Waals surface area contributed by atoms with Crippen LogP contribution < -0.4 is 10.6 Å². The Labute approximate surface area is 155 Å². The first-order chi connectivity index (χ1) is 11.9.